The van der Waals surface area contributed by atoms with Crippen LogP contribution in [0.25, 0.3) is 76.8 Å². The number of nitrogens with zero attached hydrogens (tertiary/aromatic N) is 1. The van der Waals surface area contributed by atoms with Gasteiger partial charge in [-0.25, -0.2) is 0 Å². The highest BCUT2D eigenvalue weighted by Gasteiger charge is 2.37. The molecule has 0 spiro atoms. The number of benzene rings is 10. The van der Waals surface area contributed by atoms with Gasteiger partial charge in [0.2, 0.25) is 0 Å². The molecule has 0 fully saturated rings. The number of fused-ring (bicyclic) bond motifs is 9. The van der Waals surface area contributed by atoms with Crippen LogP contribution in [0.3, 0.4) is 0 Å². The van der Waals surface area contributed by atoms with Gasteiger partial charge in [0.05, 0.1) is 0 Å². The average molecular weight is 768 g/mol. The first kappa shape index (κ1) is 35.9. The van der Waals surface area contributed by atoms with Crippen LogP contribution in [0, 0.1) is 13.8 Å². The van der Waals surface area contributed by atoms with Crippen LogP contribution >= 0.6 is 0 Å². The molecule has 0 atom stereocenters. The number of aryl methyl sites for hydroxylation is 1. The molecule has 10 aromatic carbocycles. The zero-order valence-corrected chi connectivity index (χ0v) is 34.5. The minimum atomic E-state index is -0.200. The number of hydrogen-bond acceptors (Lipinski definition) is 1. The highest BCUT2D eigenvalue weighted by Crippen LogP contribution is 2.53. The first-order valence-electron chi connectivity index (χ1n) is 21.1. The van der Waals surface area contributed by atoms with Gasteiger partial charge in [0.25, 0.3) is 0 Å². The van der Waals surface area contributed by atoms with E-state index in [9.17, 15) is 0 Å². The lowest BCUT2D eigenvalue weighted by molar-refractivity contribution is 0.661. The van der Waals surface area contributed by atoms with Crippen LogP contribution < -0.4 is 4.90 Å². The van der Waals surface area contributed by atoms with Gasteiger partial charge in [-0.3, -0.25) is 0 Å². The molecule has 0 aromatic heterocycles. The molecule has 11 rings (SSSR count). The Labute approximate surface area is 352 Å². The Kier molecular flexibility index (Phi) is 8.36. The molecule has 1 aliphatic carbocycles. The van der Waals surface area contributed by atoms with Gasteiger partial charge in [-0.05, 0) is 161 Å². The van der Waals surface area contributed by atoms with Crippen molar-refractivity contribution in [2.75, 3.05) is 4.90 Å². The number of anilines is 3. The second kappa shape index (κ2) is 14.0. The largest absolute Gasteiger partial charge is 0.310 e. The predicted molar refractivity (Wildman–Crippen MR) is 257 cm³/mol. The molecule has 0 saturated carbocycles. The second-order valence-electron chi connectivity index (χ2n) is 17.0. The highest BCUT2D eigenvalue weighted by atomic mass is 15.1. The van der Waals surface area contributed by atoms with Crippen LogP contribution in [0.15, 0.2) is 200 Å². The van der Waals surface area contributed by atoms with Crippen molar-refractivity contribution in [2.45, 2.75) is 33.1 Å². The summed E-state index contributed by atoms with van der Waals surface area (Å²) in [5.74, 6) is 0. The Morgan fingerprint density at radius 1 is 0.317 bits per heavy atom. The summed E-state index contributed by atoms with van der Waals surface area (Å²) < 4.78 is 0. The van der Waals surface area contributed by atoms with E-state index >= 15 is 0 Å². The van der Waals surface area contributed by atoms with E-state index in [-0.39, 0.29) is 5.41 Å². The van der Waals surface area contributed by atoms with Crippen molar-refractivity contribution in [3.05, 3.63) is 222 Å². The van der Waals surface area contributed by atoms with E-state index in [4.69, 9.17) is 0 Å². The molecule has 0 radical (unpaired) electrons. The van der Waals surface area contributed by atoms with Crippen LogP contribution in [0.1, 0.15) is 36.1 Å². The van der Waals surface area contributed by atoms with Crippen LogP contribution in [-0.2, 0) is 5.41 Å². The van der Waals surface area contributed by atoms with Crippen molar-refractivity contribution in [1.82, 2.24) is 0 Å². The van der Waals surface area contributed by atoms with Crippen LogP contribution in [0.4, 0.5) is 17.1 Å². The quantitative estimate of drug-likeness (QED) is 0.152. The maximum Gasteiger partial charge on any atom is 0.0465 e. The minimum Gasteiger partial charge on any atom is -0.310 e. The van der Waals surface area contributed by atoms with Crippen molar-refractivity contribution in [1.29, 1.82) is 0 Å². The van der Waals surface area contributed by atoms with Gasteiger partial charge >= 0.3 is 0 Å². The Hall–Kier alpha value is -7.22. The molecule has 0 amide bonds. The molecule has 1 aliphatic rings. The van der Waals surface area contributed by atoms with Crippen LogP contribution in [0.2, 0.25) is 0 Å². The lowest BCUT2D eigenvalue weighted by Crippen LogP contribution is -2.16. The predicted octanol–water partition coefficient (Wildman–Crippen LogP) is 16.5. The lowest BCUT2D eigenvalue weighted by Gasteiger charge is -2.28. The summed E-state index contributed by atoms with van der Waals surface area (Å²) in [6.45, 7) is 9.25. The zero-order chi connectivity index (χ0) is 40.5. The first-order valence-corrected chi connectivity index (χ1v) is 21.1. The molecule has 0 N–H and O–H groups in total. The summed E-state index contributed by atoms with van der Waals surface area (Å²) in [7, 11) is 0. The summed E-state index contributed by atoms with van der Waals surface area (Å²) in [5, 5.41) is 7.88. The third kappa shape index (κ3) is 5.68. The molecule has 1 heteroatoms. The van der Waals surface area contributed by atoms with Crippen molar-refractivity contribution in [3.8, 4) is 44.5 Å². The Bertz CT molecular complexity index is 3280. The summed E-state index contributed by atoms with van der Waals surface area (Å²) in [5.41, 5.74) is 18.6. The van der Waals surface area contributed by atoms with E-state index in [0.29, 0.717) is 0 Å². The minimum absolute atomic E-state index is 0.200. The van der Waals surface area contributed by atoms with E-state index in [0.717, 1.165) is 17.1 Å². The Balaban J connectivity index is 1.04. The molecular formula is C59H45N. The summed E-state index contributed by atoms with van der Waals surface area (Å²) >= 11 is 0. The normalized spacial score (nSPS) is 12.8. The molecule has 0 saturated heterocycles. The molecule has 0 heterocycles. The van der Waals surface area contributed by atoms with Crippen molar-refractivity contribution in [2.24, 2.45) is 0 Å². The topological polar surface area (TPSA) is 3.24 Å². The van der Waals surface area contributed by atoms with Gasteiger partial charge in [0.15, 0.2) is 0 Å². The fourth-order valence-electron chi connectivity index (χ4n) is 10.0. The van der Waals surface area contributed by atoms with Gasteiger partial charge in [-0.1, -0.05) is 166 Å². The summed E-state index contributed by atoms with van der Waals surface area (Å²) in [6.07, 6.45) is 0. The fraction of sp³-hybridized carbons (Fsp3) is 0.0847. The smallest absolute Gasteiger partial charge is 0.0465 e. The molecule has 10 aromatic rings. The van der Waals surface area contributed by atoms with Crippen molar-refractivity contribution >= 4 is 49.4 Å². The van der Waals surface area contributed by atoms with Gasteiger partial charge in [-0.15, -0.1) is 0 Å². The zero-order valence-electron chi connectivity index (χ0n) is 34.5. The summed E-state index contributed by atoms with van der Waals surface area (Å²) in [4.78, 5) is 2.42. The van der Waals surface area contributed by atoms with Crippen molar-refractivity contribution in [3.63, 3.8) is 0 Å². The molecular weight excluding hydrogens is 723 g/mol. The molecule has 1 nitrogen and oxygen atoms in total. The number of hydrogen-bond donors (Lipinski definition) is 0. The van der Waals surface area contributed by atoms with E-state index < -0.39 is 0 Å². The third-order valence-electron chi connectivity index (χ3n) is 13.2. The maximum atomic E-state index is 2.49. The van der Waals surface area contributed by atoms with Crippen LogP contribution in [0.5, 0.6) is 0 Å². The monoisotopic (exact) mass is 767 g/mol. The Morgan fingerprint density at radius 2 is 0.800 bits per heavy atom. The molecule has 286 valence electrons. The third-order valence-corrected chi connectivity index (χ3v) is 13.2. The molecule has 60 heavy (non-hydrogen) atoms. The standard InChI is InChI=1S/C59H45N/c1-38-15-8-9-18-46(38)48-24-14-23-47(39(48)2)42-27-31-44(32-28-42)60(43-29-25-41(26-30-43)40-16-6-5-7-17-40)45-33-34-53-56-36-54-51-21-12-10-19-49(51)50-20-11-13-22-52(50)55(54)37-58(56)59(3,4)57(53)35-45/h5-37H,1-4H3. The highest BCUT2D eigenvalue weighted by molar-refractivity contribution is 6.26. The van der Waals surface area contributed by atoms with E-state index in [1.54, 1.807) is 0 Å². The van der Waals surface area contributed by atoms with Crippen molar-refractivity contribution < 1.29 is 0 Å². The van der Waals surface area contributed by atoms with E-state index in [1.807, 2.05) is 0 Å². The second-order valence-corrected chi connectivity index (χ2v) is 17.0. The average Bonchev–Trinajstić information content (AvgIpc) is 3.51. The number of rotatable bonds is 6. The Morgan fingerprint density at radius 3 is 1.45 bits per heavy atom. The van der Waals surface area contributed by atoms with E-state index in [1.165, 1.54) is 99.1 Å². The van der Waals surface area contributed by atoms with Gasteiger partial charge in [0.1, 0.15) is 0 Å². The van der Waals surface area contributed by atoms with E-state index in [2.05, 4.69) is 233 Å². The van der Waals surface area contributed by atoms with Crippen LogP contribution in [-0.4, -0.2) is 0 Å². The van der Waals surface area contributed by atoms with Gasteiger partial charge in [-0.2, -0.15) is 0 Å². The summed E-state index contributed by atoms with van der Waals surface area (Å²) in [6, 6.07) is 74.1. The van der Waals surface area contributed by atoms with Gasteiger partial charge in [0, 0.05) is 22.5 Å². The maximum absolute atomic E-state index is 2.49. The SMILES string of the molecule is Cc1ccccc1-c1cccc(-c2ccc(N(c3ccc(-c4ccccc4)cc3)c3ccc4c(c3)C(C)(C)c3cc5c6ccccc6c6ccccc6c5cc3-4)cc2)c1C. The molecule has 0 unspecified atom stereocenters. The molecule has 0 aliphatic heterocycles. The fourth-order valence-corrected chi connectivity index (χ4v) is 10.0. The lowest BCUT2D eigenvalue weighted by atomic mass is 9.81. The molecule has 0 bridgehead atoms. The van der Waals surface area contributed by atoms with Gasteiger partial charge < -0.3 is 4.90 Å². The first-order chi connectivity index (χ1) is 29.3.